The monoisotopic (exact) mass is 253 g/mol. The van der Waals surface area contributed by atoms with Gasteiger partial charge in [-0.15, -0.1) is 0 Å². The Bertz CT molecular complexity index is 562. The average Bonchev–Trinajstić information content (AvgIpc) is 2.45. The van der Waals surface area contributed by atoms with Crippen LogP contribution < -0.4 is 0 Å². The lowest BCUT2D eigenvalue weighted by atomic mass is 10.1. The molecule has 0 fully saturated rings. The number of oxime groups is 1. The van der Waals surface area contributed by atoms with Crippen LogP contribution in [0, 0.1) is 0 Å². The Labute approximate surface area is 112 Å². The minimum atomic E-state index is -0.112. The van der Waals surface area contributed by atoms with E-state index in [1.54, 1.807) is 0 Å². The van der Waals surface area contributed by atoms with Crippen LogP contribution in [0.15, 0.2) is 65.8 Å². The third-order valence-electron chi connectivity index (χ3n) is 2.61. The van der Waals surface area contributed by atoms with E-state index in [-0.39, 0.29) is 5.78 Å². The molecule has 0 heterocycles. The molecule has 2 aromatic rings. The highest BCUT2D eigenvalue weighted by Crippen LogP contribution is 2.05. The Morgan fingerprint density at radius 2 is 1.58 bits per heavy atom. The summed E-state index contributed by atoms with van der Waals surface area (Å²) in [7, 11) is 0. The molecule has 0 amide bonds. The molecule has 0 aromatic heterocycles. The Kier molecular flexibility index (Phi) is 4.45. The second-order valence-electron chi connectivity index (χ2n) is 4.12. The van der Waals surface area contributed by atoms with Gasteiger partial charge in [0.05, 0.1) is 0 Å². The van der Waals surface area contributed by atoms with E-state index in [0.29, 0.717) is 12.3 Å². The number of hydrogen-bond acceptors (Lipinski definition) is 3. The fourth-order valence-electron chi connectivity index (χ4n) is 1.66. The van der Waals surface area contributed by atoms with Crippen molar-refractivity contribution in [2.45, 2.75) is 13.5 Å². The van der Waals surface area contributed by atoms with Crippen LogP contribution in [0.25, 0.3) is 0 Å². The zero-order valence-corrected chi connectivity index (χ0v) is 10.7. The molecule has 0 saturated carbocycles. The second kappa shape index (κ2) is 6.50. The van der Waals surface area contributed by atoms with Gasteiger partial charge in [-0.1, -0.05) is 65.8 Å². The quantitative estimate of drug-likeness (QED) is 0.606. The van der Waals surface area contributed by atoms with Crippen LogP contribution in [0.5, 0.6) is 0 Å². The number of nitrogens with zero attached hydrogens (tertiary/aromatic N) is 1. The first kappa shape index (κ1) is 13.0. The summed E-state index contributed by atoms with van der Waals surface area (Å²) in [6, 6.07) is 19.0. The first-order chi connectivity index (χ1) is 9.27. The van der Waals surface area contributed by atoms with Crippen LogP contribution in [0.4, 0.5) is 0 Å². The maximum Gasteiger partial charge on any atom is 0.182 e. The summed E-state index contributed by atoms with van der Waals surface area (Å²) in [6.07, 6.45) is 0. The number of carbonyl (C=O) groups excluding carboxylic acids is 1. The Balaban J connectivity index is 2.08. The molecule has 0 aliphatic rings. The largest absolute Gasteiger partial charge is 0.390 e. The van der Waals surface area contributed by atoms with Gasteiger partial charge in [-0.2, -0.15) is 0 Å². The molecule has 0 saturated heterocycles. The molecular formula is C16H15NO2. The van der Waals surface area contributed by atoms with Crippen LogP contribution >= 0.6 is 0 Å². The molecule has 0 aliphatic carbocycles. The molecule has 96 valence electrons. The molecule has 2 aromatic carbocycles. The van der Waals surface area contributed by atoms with Gasteiger partial charge in [0, 0.05) is 12.5 Å². The van der Waals surface area contributed by atoms with Crippen molar-refractivity contribution in [1.29, 1.82) is 0 Å². The SMILES string of the molecule is CC(=O)/C(=N/OCc1ccccc1)c1ccccc1. The predicted octanol–water partition coefficient (Wildman–Crippen LogP) is 3.20. The third kappa shape index (κ3) is 3.78. The minimum absolute atomic E-state index is 0.112. The van der Waals surface area contributed by atoms with Crippen molar-refractivity contribution in [2.75, 3.05) is 0 Å². The molecule has 0 N–H and O–H groups in total. The number of hydrogen-bond donors (Lipinski definition) is 0. The molecule has 0 radical (unpaired) electrons. The van der Waals surface area contributed by atoms with Crippen molar-refractivity contribution in [3.63, 3.8) is 0 Å². The fourth-order valence-corrected chi connectivity index (χ4v) is 1.66. The lowest BCUT2D eigenvalue weighted by molar-refractivity contribution is -0.111. The van der Waals surface area contributed by atoms with E-state index in [0.717, 1.165) is 11.1 Å². The summed E-state index contributed by atoms with van der Waals surface area (Å²) in [6.45, 7) is 1.84. The van der Waals surface area contributed by atoms with Crippen molar-refractivity contribution < 1.29 is 9.63 Å². The third-order valence-corrected chi connectivity index (χ3v) is 2.61. The molecule has 3 nitrogen and oxygen atoms in total. The number of benzene rings is 2. The summed E-state index contributed by atoms with van der Waals surface area (Å²) in [5, 5.41) is 3.96. The van der Waals surface area contributed by atoms with E-state index in [1.165, 1.54) is 6.92 Å². The van der Waals surface area contributed by atoms with Gasteiger partial charge in [0.25, 0.3) is 0 Å². The average molecular weight is 253 g/mol. The number of Topliss-reactive ketones (excluding diaryl/α,β-unsaturated/α-hetero) is 1. The number of rotatable bonds is 5. The van der Waals surface area contributed by atoms with E-state index in [9.17, 15) is 4.79 Å². The van der Waals surface area contributed by atoms with Gasteiger partial charge in [-0.3, -0.25) is 4.79 Å². The van der Waals surface area contributed by atoms with E-state index in [1.807, 2.05) is 60.7 Å². The lowest BCUT2D eigenvalue weighted by Crippen LogP contribution is -2.12. The van der Waals surface area contributed by atoms with Gasteiger partial charge < -0.3 is 4.84 Å². The maximum absolute atomic E-state index is 11.6. The zero-order chi connectivity index (χ0) is 13.5. The summed E-state index contributed by atoms with van der Waals surface area (Å²) < 4.78 is 0. The van der Waals surface area contributed by atoms with E-state index in [2.05, 4.69) is 5.16 Å². The van der Waals surface area contributed by atoms with Crippen molar-refractivity contribution in [3.05, 3.63) is 71.8 Å². The topological polar surface area (TPSA) is 38.7 Å². The standard InChI is InChI=1S/C16H15NO2/c1-13(18)16(15-10-6-3-7-11-15)17-19-12-14-8-4-2-5-9-14/h2-11H,12H2,1H3/b17-16-. The number of carbonyl (C=O) groups is 1. The first-order valence-corrected chi connectivity index (χ1v) is 6.07. The first-order valence-electron chi connectivity index (χ1n) is 6.07. The van der Waals surface area contributed by atoms with Crippen LogP contribution in [-0.4, -0.2) is 11.5 Å². The van der Waals surface area contributed by atoms with E-state index in [4.69, 9.17) is 4.84 Å². The summed E-state index contributed by atoms with van der Waals surface area (Å²) in [5.74, 6) is -0.112. The maximum atomic E-state index is 11.6. The van der Waals surface area contributed by atoms with Gasteiger partial charge in [-0.05, 0) is 5.56 Å². The Hall–Kier alpha value is -2.42. The molecule has 3 heteroatoms. The molecule has 19 heavy (non-hydrogen) atoms. The number of ketones is 1. The minimum Gasteiger partial charge on any atom is -0.390 e. The molecule has 0 atom stereocenters. The van der Waals surface area contributed by atoms with Gasteiger partial charge in [0.2, 0.25) is 0 Å². The molecule has 0 spiro atoms. The molecule has 0 unspecified atom stereocenters. The highest BCUT2D eigenvalue weighted by Gasteiger charge is 2.09. The Morgan fingerprint density at radius 1 is 1.00 bits per heavy atom. The smallest absolute Gasteiger partial charge is 0.182 e. The lowest BCUT2D eigenvalue weighted by Gasteiger charge is -2.04. The van der Waals surface area contributed by atoms with Crippen LogP contribution in [-0.2, 0) is 16.2 Å². The predicted molar refractivity (Wildman–Crippen MR) is 74.9 cm³/mol. The van der Waals surface area contributed by atoms with Crippen molar-refractivity contribution in [1.82, 2.24) is 0 Å². The second-order valence-corrected chi connectivity index (χ2v) is 4.12. The summed E-state index contributed by atoms with van der Waals surface area (Å²) >= 11 is 0. The van der Waals surface area contributed by atoms with Gasteiger partial charge in [0.1, 0.15) is 6.61 Å². The zero-order valence-electron chi connectivity index (χ0n) is 10.7. The van der Waals surface area contributed by atoms with Crippen LogP contribution in [0.1, 0.15) is 18.1 Å². The molecule has 0 bridgehead atoms. The van der Waals surface area contributed by atoms with Crippen molar-refractivity contribution >= 4 is 11.5 Å². The summed E-state index contributed by atoms with van der Waals surface area (Å²) in [5.41, 5.74) is 2.13. The highest BCUT2D eigenvalue weighted by molar-refractivity contribution is 6.45. The van der Waals surface area contributed by atoms with E-state index < -0.39 is 0 Å². The Morgan fingerprint density at radius 3 is 2.16 bits per heavy atom. The van der Waals surface area contributed by atoms with Gasteiger partial charge in [-0.25, -0.2) is 0 Å². The molecular weight excluding hydrogens is 238 g/mol. The highest BCUT2D eigenvalue weighted by atomic mass is 16.6. The fraction of sp³-hybridized carbons (Fsp3) is 0.125. The normalized spacial score (nSPS) is 11.1. The summed E-state index contributed by atoms with van der Waals surface area (Å²) in [4.78, 5) is 16.8. The van der Waals surface area contributed by atoms with E-state index >= 15 is 0 Å². The molecule has 0 aliphatic heterocycles. The van der Waals surface area contributed by atoms with Crippen molar-refractivity contribution in [3.8, 4) is 0 Å². The van der Waals surface area contributed by atoms with Gasteiger partial charge >= 0.3 is 0 Å². The van der Waals surface area contributed by atoms with Crippen LogP contribution in [0.2, 0.25) is 0 Å². The van der Waals surface area contributed by atoms with Crippen molar-refractivity contribution in [2.24, 2.45) is 5.16 Å². The van der Waals surface area contributed by atoms with Crippen LogP contribution in [0.3, 0.4) is 0 Å². The molecule has 2 rings (SSSR count). The van der Waals surface area contributed by atoms with Gasteiger partial charge in [0.15, 0.2) is 11.5 Å².